The second kappa shape index (κ2) is 3.85. The highest BCUT2D eigenvalue weighted by atomic mass is 32.2. The van der Waals surface area contributed by atoms with Crippen LogP contribution in [0.15, 0.2) is 0 Å². The number of hydrogen-bond acceptors (Lipinski definition) is 5. The summed E-state index contributed by atoms with van der Waals surface area (Å²) in [6, 6.07) is 0. The van der Waals surface area contributed by atoms with E-state index in [2.05, 4.69) is 15.2 Å². The quantitative estimate of drug-likeness (QED) is 0.745. The summed E-state index contributed by atoms with van der Waals surface area (Å²) in [6.45, 7) is 0. The Morgan fingerprint density at radius 3 is 2.81 bits per heavy atom. The van der Waals surface area contributed by atoms with Crippen LogP contribution in [-0.4, -0.2) is 46.2 Å². The van der Waals surface area contributed by atoms with Gasteiger partial charge in [-0.15, -0.1) is 5.10 Å². The van der Waals surface area contributed by atoms with Crippen LogP contribution in [0.2, 0.25) is 0 Å². The zero-order valence-electron chi connectivity index (χ0n) is 8.38. The normalized spacial score (nSPS) is 24.1. The molecule has 0 spiro atoms. The Bertz CT molecular complexity index is 507. The van der Waals surface area contributed by atoms with Crippen LogP contribution >= 0.6 is 0 Å². The molecule has 0 saturated carbocycles. The molecule has 1 aromatic heterocycles. The van der Waals surface area contributed by atoms with Gasteiger partial charge in [-0.3, -0.25) is 5.10 Å². The van der Waals surface area contributed by atoms with Gasteiger partial charge in [0.25, 0.3) is 5.82 Å². The molecule has 1 aromatic rings. The average Bonchev–Trinajstić information content (AvgIpc) is 2.64. The van der Waals surface area contributed by atoms with Crippen LogP contribution < -0.4 is 0 Å². The van der Waals surface area contributed by atoms with Crippen molar-refractivity contribution in [1.29, 1.82) is 0 Å². The van der Waals surface area contributed by atoms with Crippen molar-refractivity contribution in [2.45, 2.75) is 18.8 Å². The van der Waals surface area contributed by atoms with Gasteiger partial charge in [-0.25, -0.2) is 18.2 Å². The summed E-state index contributed by atoms with van der Waals surface area (Å²) in [5.74, 6) is -1.25. The van der Waals surface area contributed by atoms with Gasteiger partial charge in [-0.2, -0.15) is 0 Å². The Morgan fingerprint density at radius 2 is 2.25 bits per heavy atom. The lowest BCUT2D eigenvalue weighted by Gasteiger charge is -2.19. The van der Waals surface area contributed by atoms with Gasteiger partial charge in [-0.05, 0) is 12.8 Å². The Morgan fingerprint density at radius 1 is 1.50 bits per heavy atom. The Labute approximate surface area is 91.8 Å². The van der Waals surface area contributed by atoms with E-state index in [9.17, 15) is 13.2 Å². The second-order valence-corrected chi connectivity index (χ2v) is 6.03. The van der Waals surface area contributed by atoms with Gasteiger partial charge in [0, 0.05) is 5.92 Å². The van der Waals surface area contributed by atoms with Gasteiger partial charge in [0.2, 0.25) is 0 Å². The predicted octanol–water partition coefficient (Wildman–Crippen LogP) is -0.205. The molecule has 0 aliphatic carbocycles. The molecule has 1 fully saturated rings. The van der Waals surface area contributed by atoms with Gasteiger partial charge in [-0.1, -0.05) is 0 Å². The smallest absolute Gasteiger partial charge is 0.375 e. The van der Waals surface area contributed by atoms with Gasteiger partial charge >= 0.3 is 5.97 Å². The largest absolute Gasteiger partial charge is 0.475 e. The molecular formula is C8H11N3O4S. The number of nitrogens with zero attached hydrogens (tertiary/aromatic N) is 2. The lowest BCUT2D eigenvalue weighted by atomic mass is 10.1. The number of aromatic nitrogens is 3. The van der Waals surface area contributed by atoms with Crippen molar-refractivity contribution < 1.29 is 18.3 Å². The Balaban J connectivity index is 2.20. The molecule has 1 aliphatic rings. The number of nitrogens with one attached hydrogen (secondary N) is 1. The van der Waals surface area contributed by atoms with Crippen molar-refractivity contribution >= 4 is 15.8 Å². The second-order valence-electron chi connectivity index (χ2n) is 3.80. The van der Waals surface area contributed by atoms with E-state index in [0.717, 1.165) is 0 Å². The molecule has 0 amide bonds. The van der Waals surface area contributed by atoms with Crippen molar-refractivity contribution in [3.8, 4) is 0 Å². The molecule has 2 rings (SSSR count). The summed E-state index contributed by atoms with van der Waals surface area (Å²) in [6.07, 6.45) is 1.27. The molecule has 8 heteroatoms. The molecule has 16 heavy (non-hydrogen) atoms. The number of carboxylic acids is 1. The fourth-order valence-corrected chi connectivity index (χ4v) is 3.50. The van der Waals surface area contributed by atoms with Gasteiger partial charge in [0.15, 0.2) is 9.84 Å². The van der Waals surface area contributed by atoms with Crippen LogP contribution in [0.4, 0.5) is 0 Å². The van der Waals surface area contributed by atoms with E-state index >= 15 is 0 Å². The number of carbonyl (C=O) groups is 1. The summed E-state index contributed by atoms with van der Waals surface area (Å²) >= 11 is 0. The van der Waals surface area contributed by atoms with E-state index < -0.39 is 15.8 Å². The number of rotatable bonds is 2. The first-order valence-corrected chi connectivity index (χ1v) is 6.66. The summed E-state index contributed by atoms with van der Waals surface area (Å²) in [4.78, 5) is 14.3. The zero-order valence-corrected chi connectivity index (χ0v) is 9.20. The van der Waals surface area contributed by atoms with Crippen molar-refractivity contribution in [2.75, 3.05) is 11.5 Å². The van der Waals surface area contributed by atoms with Crippen LogP contribution in [0.5, 0.6) is 0 Å². The number of hydrogen-bond donors (Lipinski definition) is 2. The first-order valence-electron chi connectivity index (χ1n) is 4.84. The molecule has 1 unspecified atom stereocenters. The molecule has 1 aliphatic heterocycles. The molecule has 7 nitrogen and oxygen atoms in total. The van der Waals surface area contributed by atoms with Crippen LogP contribution in [0.3, 0.4) is 0 Å². The van der Waals surface area contributed by atoms with Crippen LogP contribution in [-0.2, 0) is 9.84 Å². The van der Waals surface area contributed by atoms with Gasteiger partial charge < -0.3 is 5.11 Å². The molecule has 0 aromatic carbocycles. The standard InChI is InChI=1S/C8H11N3O4S/c12-8(13)7-9-6(10-11-7)5-2-1-3-16(14,15)4-5/h5H,1-4H2,(H,12,13)(H,9,10,11). The van der Waals surface area contributed by atoms with E-state index in [1.807, 2.05) is 0 Å². The van der Waals surface area contributed by atoms with Crippen molar-refractivity contribution in [3.63, 3.8) is 0 Å². The molecular weight excluding hydrogens is 234 g/mol. The third kappa shape index (κ3) is 2.21. The lowest BCUT2D eigenvalue weighted by molar-refractivity contribution is 0.0684. The van der Waals surface area contributed by atoms with Crippen LogP contribution in [0.25, 0.3) is 0 Å². The molecule has 1 atom stereocenters. The highest BCUT2D eigenvalue weighted by Gasteiger charge is 2.28. The van der Waals surface area contributed by atoms with Gasteiger partial charge in [0.05, 0.1) is 11.5 Å². The highest BCUT2D eigenvalue weighted by molar-refractivity contribution is 7.91. The fourth-order valence-electron chi connectivity index (χ4n) is 1.79. The van der Waals surface area contributed by atoms with Crippen molar-refractivity contribution in [3.05, 3.63) is 11.6 Å². The summed E-state index contributed by atoms with van der Waals surface area (Å²) in [7, 11) is -3.03. The van der Waals surface area contributed by atoms with E-state index in [1.165, 1.54) is 0 Å². The van der Waals surface area contributed by atoms with E-state index in [-0.39, 0.29) is 23.2 Å². The molecule has 2 N–H and O–H groups in total. The lowest BCUT2D eigenvalue weighted by Crippen LogP contribution is -2.24. The third-order valence-electron chi connectivity index (χ3n) is 2.54. The highest BCUT2D eigenvalue weighted by Crippen LogP contribution is 2.25. The SMILES string of the molecule is O=C(O)c1n[nH]c(C2CCCS(=O)(=O)C2)n1. The van der Waals surface area contributed by atoms with Crippen LogP contribution in [0, 0.1) is 0 Å². The van der Waals surface area contributed by atoms with Crippen molar-refractivity contribution in [2.24, 2.45) is 0 Å². The van der Waals surface area contributed by atoms with Crippen LogP contribution in [0.1, 0.15) is 35.2 Å². The number of carboxylic acid groups (broad SMARTS) is 1. The first kappa shape index (κ1) is 11.1. The molecule has 2 heterocycles. The molecule has 0 radical (unpaired) electrons. The number of sulfone groups is 1. The number of H-pyrrole nitrogens is 1. The van der Waals surface area contributed by atoms with Crippen molar-refractivity contribution in [1.82, 2.24) is 15.2 Å². The average molecular weight is 245 g/mol. The molecule has 88 valence electrons. The number of aromatic amines is 1. The third-order valence-corrected chi connectivity index (χ3v) is 4.36. The predicted molar refractivity (Wildman–Crippen MR) is 54.0 cm³/mol. The summed E-state index contributed by atoms with van der Waals surface area (Å²) in [5.41, 5.74) is 0. The maximum atomic E-state index is 11.4. The first-order chi connectivity index (χ1) is 7.48. The monoisotopic (exact) mass is 245 g/mol. The Kier molecular flexibility index (Phi) is 2.66. The maximum absolute atomic E-state index is 11.4. The van der Waals surface area contributed by atoms with Gasteiger partial charge in [0.1, 0.15) is 5.82 Å². The minimum atomic E-state index is -3.03. The number of aromatic carboxylic acids is 1. The Hall–Kier alpha value is -1.44. The summed E-state index contributed by atoms with van der Waals surface area (Å²) < 4.78 is 22.8. The maximum Gasteiger partial charge on any atom is 0.375 e. The zero-order chi connectivity index (χ0) is 11.8. The topological polar surface area (TPSA) is 113 Å². The minimum absolute atomic E-state index is 0.0151. The fraction of sp³-hybridized carbons (Fsp3) is 0.625. The van der Waals surface area contributed by atoms with E-state index in [0.29, 0.717) is 18.7 Å². The molecule has 1 saturated heterocycles. The van der Waals surface area contributed by atoms with E-state index in [1.54, 1.807) is 0 Å². The van der Waals surface area contributed by atoms with E-state index in [4.69, 9.17) is 5.11 Å². The molecule has 0 bridgehead atoms. The summed E-state index contributed by atoms with van der Waals surface area (Å²) in [5, 5.41) is 14.6. The minimum Gasteiger partial charge on any atom is -0.475 e.